The Hall–Kier alpha value is -0.950. The predicted octanol–water partition coefficient (Wildman–Crippen LogP) is 2.00. The number of carbonyl (C=O) groups excluding carboxylic acids is 1. The molecule has 122 valence electrons. The van der Waals surface area contributed by atoms with E-state index < -0.39 is 12.0 Å². The van der Waals surface area contributed by atoms with Crippen molar-refractivity contribution in [3.63, 3.8) is 0 Å². The van der Waals surface area contributed by atoms with Gasteiger partial charge in [-0.05, 0) is 25.2 Å². The molecule has 0 saturated carbocycles. The number of hydrogen-bond acceptors (Lipinski definition) is 4. The van der Waals surface area contributed by atoms with Crippen LogP contribution in [-0.2, 0) is 9.53 Å². The molecule has 21 heavy (non-hydrogen) atoms. The van der Waals surface area contributed by atoms with Crippen LogP contribution in [0.1, 0.15) is 33.1 Å². The molecular formula is C14H26N2O4S. The molecule has 2 atom stereocenters. The van der Waals surface area contributed by atoms with Gasteiger partial charge in [0.15, 0.2) is 0 Å². The fraction of sp³-hybridized carbons (Fsp3) is 0.857. The zero-order valence-corrected chi connectivity index (χ0v) is 13.8. The Kier molecular flexibility index (Phi) is 7.88. The summed E-state index contributed by atoms with van der Waals surface area (Å²) < 4.78 is 4.97. The average Bonchev–Trinajstić information content (AvgIpc) is 2.87. The van der Waals surface area contributed by atoms with Crippen LogP contribution in [0.5, 0.6) is 0 Å². The van der Waals surface area contributed by atoms with Crippen molar-refractivity contribution in [3.05, 3.63) is 0 Å². The molecule has 0 aromatic carbocycles. The molecule has 0 radical (unpaired) electrons. The fourth-order valence-corrected chi connectivity index (χ4v) is 3.79. The summed E-state index contributed by atoms with van der Waals surface area (Å²) in [5.74, 6) is -0.243. The number of urea groups is 1. The zero-order valence-electron chi connectivity index (χ0n) is 13.0. The van der Waals surface area contributed by atoms with Gasteiger partial charge in [0.2, 0.25) is 0 Å². The van der Waals surface area contributed by atoms with E-state index in [9.17, 15) is 14.7 Å². The summed E-state index contributed by atoms with van der Waals surface area (Å²) in [6, 6.07) is -0.992. The van der Waals surface area contributed by atoms with E-state index in [0.717, 1.165) is 25.9 Å². The number of aliphatic carboxylic acids is 1. The monoisotopic (exact) mass is 318 g/mol. The molecule has 0 spiro atoms. The molecule has 0 aromatic rings. The highest BCUT2D eigenvalue weighted by Gasteiger charge is 2.42. The highest BCUT2D eigenvalue weighted by molar-refractivity contribution is 8.00. The minimum Gasteiger partial charge on any atom is -0.480 e. The van der Waals surface area contributed by atoms with Crippen LogP contribution in [0.25, 0.3) is 0 Å². The van der Waals surface area contributed by atoms with Crippen LogP contribution in [0.3, 0.4) is 0 Å². The summed E-state index contributed by atoms with van der Waals surface area (Å²) >= 11 is 1.54. The molecule has 1 saturated heterocycles. The number of methoxy groups -OCH3 is 1. The first-order valence-corrected chi connectivity index (χ1v) is 8.43. The first-order valence-electron chi connectivity index (χ1n) is 7.38. The number of carbonyl (C=O) groups is 2. The van der Waals surface area contributed by atoms with Crippen molar-refractivity contribution >= 4 is 23.8 Å². The van der Waals surface area contributed by atoms with E-state index in [2.05, 4.69) is 5.32 Å². The topological polar surface area (TPSA) is 78.9 Å². The zero-order chi connectivity index (χ0) is 15.8. The van der Waals surface area contributed by atoms with Gasteiger partial charge >= 0.3 is 12.0 Å². The van der Waals surface area contributed by atoms with Crippen molar-refractivity contribution < 1.29 is 19.4 Å². The van der Waals surface area contributed by atoms with Crippen molar-refractivity contribution in [3.8, 4) is 0 Å². The van der Waals surface area contributed by atoms with Crippen LogP contribution in [0, 0.1) is 5.92 Å². The van der Waals surface area contributed by atoms with Crippen LogP contribution in [-0.4, -0.2) is 59.4 Å². The molecular weight excluding hydrogens is 292 g/mol. The van der Waals surface area contributed by atoms with Crippen molar-refractivity contribution in [2.75, 3.05) is 26.0 Å². The van der Waals surface area contributed by atoms with Crippen molar-refractivity contribution in [1.29, 1.82) is 0 Å². The predicted molar refractivity (Wildman–Crippen MR) is 83.5 cm³/mol. The van der Waals surface area contributed by atoms with Gasteiger partial charge in [-0.3, -0.25) is 4.90 Å². The van der Waals surface area contributed by atoms with E-state index in [1.165, 1.54) is 4.90 Å². The Balaban J connectivity index is 2.46. The fourth-order valence-electron chi connectivity index (χ4n) is 2.32. The number of hydrogen-bond donors (Lipinski definition) is 2. The quantitative estimate of drug-likeness (QED) is 0.669. The molecule has 1 fully saturated rings. The number of carboxylic acids is 1. The van der Waals surface area contributed by atoms with E-state index in [1.54, 1.807) is 18.9 Å². The van der Waals surface area contributed by atoms with Crippen molar-refractivity contribution in [2.45, 2.75) is 44.5 Å². The van der Waals surface area contributed by atoms with Crippen molar-refractivity contribution in [2.24, 2.45) is 5.92 Å². The van der Waals surface area contributed by atoms with Crippen LogP contribution in [0.2, 0.25) is 0 Å². The molecule has 1 heterocycles. The van der Waals surface area contributed by atoms with E-state index in [0.29, 0.717) is 12.3 Å². The van der Waals surface area contributed by atoms with E-state index in [1.807, 2.05) is 13.8 Å². The van der Waals surface area contributed by atoms with Gasteiger partial charge in [0.25, 0.3) is 0 Å². The second-order valence-corrected chi connectivity index (χ2v) is 6.66. The van der Waals surface area contributed by atoms with Crippen LogP contribution in [0.15, 0.2) is 0 Å². The van der Waals surface area contributed by atoms with Crippen LogP contribution >= 0.6 is 11.8 Å². The summed E-state index contributed by atoms with van der Waals surface area (Å²) in [6.07, 6.45) is 2.83. The molecule has 2 amide bonds. The van der Waals surface area contributed by atoms with Gasteiger partial charge in [0, 0.05) is 26.0 Å². The number of carboxylic acid groups (broad SMARTS) is 1. The standard InChI is InChI=1S/C14H26N2O4S/c1-10(2)12-16(11(9-21-12)13(17)18)14(19)15-7-5-4-6-8-20-3/h10-12H,4-9H2,1-3H3,(H,15,19)(H,17,18). The summed E-state index contributed by atoms with van der Waals surface area (Å²) in [5.41, 5.74) is 0. The third-order valence-electron chi connectivity index (χ3n) is 3.43. The Morgan fingerprint density at radius 3 is 2.67 bits per heavy atom. The van der Waals surface area contributed by atoms with Crippen LogP contribution in [0.4, 0.5) is 4.79 Å². The number of thioether (sulfide) groups is 1. The lowest BCUT2D eigenvalue weighted by molar-refractivity contribution is -0.141. The molecule has 1 rings (SSSR count). The molecule has 2 unspecified atom stereocenters. The molecule has 1 aliphatic heterocycles. The second kappa shape index (κ2) is 9.15. The number of nitrogens with one attached hydrogen (secondary N) is 1. The SMILES string of the molecule is COCCCCCNC(=O)N1C(C(=O)O)CSC1C(C)C. The smallest absolute Gasteiger partial charge is 0.327 e. The Morgan fingerprint density at radius 2 is 2.10 bits per heavy atom. The van der Waals surface area contributed by atoms with E-state index in [4.69, 9.17) is 4.74 Å². The molecule has 6 nitrogen and oxygen atoms in total. The van der Waals surface area contributed by atoms with Gasteiger partial charge < -0.3 is 15.2 Å². The lowest BCUT2D eigenvalue weighted by atomic mass is 10.1. The second-order valence-electron chi connectivity index (χ2n) is 5.51. The molecule has 0 aromatic heterocycles. The number of ether oxygens (including phenoxy) is 1. The summed E-state index contributed by atoms with van der Waals surface area (Å²) in [5, 5.41) is 12.0. The Morgan fingerprint density at radius 1 is 1.38 bits per heavy atom. The summed E-state index contributed by atoms with van der Waals surface area (Å²) in [6.45, 7) is 5.31. The number of amides is 2. The van der Waals surface area contributed by atoms with Gasteiger partial charge in [-0.1, -0.05) is 13.8 Å². The van der Waals surface area contributed by atoms with Gasteiger partial charge in [-0.2, -0.15) is 0 Å². The first kappa shape index (κ1) is 18.1. The Labute approximate surface area is 130 Å². The minimum absolute atomic E-state index is 0.0698. The Bertz CT molecular complexity index is 352. The maximum Gasteiger partial charge on any atom is 0.327 e. The van der Waals surface area contributed by atoms with E-state index >= 15 is 0 Å². The lowest BCUT2D eigenvalue weighted by Crippen LogP contribution is -2.51. The largest absolute Gasteiger partial charge is 0.480 e. The normalized spacial score (nSPS) is 21.8. The summed E-state index contributed by atoms with van der Waals surface area (Å²) in [4.78, 5) is 25.1. The minimum atomic E-state index is -0.930. The first-order chi connectivity index (χ1) is 9.99. The molecule has 0 aliphatic carbocycles. The molecule has 2 N–H and O–H groups in total. The van der Waals surface area contributed by atoms with E-state index in [-0.39, 0.29) is 17.3 Å². The van der Waals surface area contributed by atoms with Gasteiger partial charge in [-0.25, -0.2) is 9.59 Å². The number of rotatable bonds is 8. The highest BCUT2D eigenvalue weighted by Crippen LogP contribution is 2.33. The third kappa shape index (κ3) is 5.39. The summed E-state index contributed by atoms with van der Waals surface area (Å²) in [7, 11) is 1.67. The average molecular weight is 318 g/mol. The van der Waals surface area contributed by atoms with Gasteiger partial charge in [0.05, 0.1) is 5.37 Å². The third-order valence-corrected chi connectivity index (χ3v) is 5.05. The van der Waals surface area contributed by atoms with Gasteiger partial charge in [0.1, 0.15) is 6.04 Å². The molecule has 1 aliphatic rings. The number of unbranched alkanes of at least 4 members (excludes halogenated alkanes) is 2. The highest BCUT2D eigenvalue weighted by atomic mass is 32.2. The molecule has 7 heteroatoms. The molecule has 0 bridgehead atoms. The van der Waals surface area contributed by atoms with Crippen LogP contribution < -0.4 is 5.32 Å². The maximum atomic E-state index is 12.3. The maximum absolute atomic E-state index is 12.3. The van der Waals surface area contributed by atoms with Crippen molar-refractivity contribution in [1.82, 2.24) is 10.2 Å². The number of nitrogens with zero attached hydrogens (tertiary/aromatic N) is 1. The van der Waals surface area contributed by atoms with Gasteiger partial charge in [-0.15, -0.1) is 11.8 Å². The lowest BCUT2D eigenvalue weighted by Gasteiger charge is -2.29.